The molecule has 1 amide bonds. The summed E-state index contributed by atoms with van der Waals surface area (Å²) in [6.45, 7) is 2.59. The number of nitrogens with one attached hydrogen (secondary N) is 2. The molecule has 1 aliphatic rings. The van der Waals surface area contributed by atoms with E-state index in [1.807, 2.05) is 38.4 Å². The van der Waals surface area contributed by atoms with Crippen LogP contribution in [-0.2, 0) is 6.54 Å². The Bertz CT molecular complexity index is 657. The Balaban J connectivity index is 1.89. The Morgan fingerprint density at radius 1 is 1.32 bits per heavy atom. The van der Waals surface area contributed by atoms with Gasteiger partial charge in [-0.15, -0.1) is 0 Å². The van der Waals surface area contributed by atoms with E-state index in [0.29, 0.717) is 12.3 Å². The zero-order valence-electron chi connectivity index (χ0n) is 13.2. The number of carbonyl (C=O) groups is 1. The van der Waals surface area contributed by atoms with Gasteiger partial charge in [-0.05, 0) is 46.1 Å². The third-order valence-electron chi connectivity index (χ3n) is 4.05. The Morgan fingerprint density at radius 3 is 2.77 bits per heavy atom. The van der Waals surface area contributed by atoms with Crippen LogP contribution in [0, 0.1) is 0 Å². The molecule has 1 aromatic heterocycles. The maximum absolute atomic E-state index is 12.6. The summed E-state index contributed by atoms with van der Waals surface area (Å²) in [5, 5.41) is 7.44. The zero-order chi connectivity index (χ0) is 15.5. The predicted octanol–water partition coefficient (Wildman–Crippen LogP) is 1.98. The minimum Gasteiger partial charge on any atom is -0.451 e. The lowest BCUT2D eigenvalue weighted by Crippen LogP contribution is -2.42. The van der Waals surface area contributed by atoms with Crippen molar-refractivity contribution in [1.82, 2.24) is 15.5 Å². The second kappa shape index (κ2) is 6.50. The van der Waals surface area contributed by atoms with Crippen molar-refractivity contribution < 1.29 is 9.21 Å². The minimum atomic E-state index is -0.0973. The van der Waals surface area contributed by atoms with Gasteiger partial charge < -0.3 is 20.0 Å². The fourth-order valence-electron chi connectivity index (χ4n) is 2.97. The first kappa shape index (κ1) is 15.1. The second-order valence-corrected chi connectivity index (χ2v) is 6.14. The Labute approximate surface area is 130 Å². The summed E-state index contributed by atoms with van der Waals surface area (Å²) in [7, 11) is 3.99. The smallest absolute Gasteiger partial charge is 0.287 e. The number of para-hydroxylation sites is 1. The summed E-state index contributed by atoms with van der Waals surface area (Å²) >= 11 is 0. The van der Waals surface area contributed by atoms with Gasteiger partial charge in [0.15, 0.2) is 5.76 Å². The Hall–Kier alpha value is -1.85. The largest absolute Gasteiger partial charge is 0.451 e. The van der Waals surface area contributed by atoms with Gasteiger partial charge in [-0.2, -0.15) is 0 Å². The molecule has 1 saturated heterocycles. The monoisotopic (exact) mass is 301 g/mol. The number of benzene rings is 1. The number of amides is 1. The summed E-state index contributed by atoms with van der Waals surface area (Å²) in [5.74, 6) is 0.355. The van der Waals surface area contributed by atoms with Crippen molar-refractivity contribution in [2.24, 2.45) is 0 Å². The number of fused-ring (bicyclic) bond motifs is 1. The van der Waals surface area contributed by atoms with Gasteiger partial charge >= 0.3 is 0 Å². The van der Waals surface area contributed by atoms with E-state index in [1.54, 1.807) is 0 Å². The first-order valence-electron chi connectivity index (χ1n) is 7.82. The molecule has 0 bridgehead atoms. The molecular weight excluding hydrogens is 278 g/mol. The van der Waals surface area contributed by atoms with Crippen LogP contribution in [0.15, 0.2) is 28.7 Å². The third-order valence-corrected chi connectivity index (χ3v) is 4.05. The lowest BCUT2D eigenvalue weighted by atomic mass is 10.1. The summed E-state index contributed by atoms with van der Waals surface area (Å²) in [4.78, 5) is 14.7. The average molecular weight is 301 g/mol. The molecule has 0 unspecified atom stereocenters. The van der Waals surface area contributed by atoms with Gasteiger partial charge in [0.1, 0.15) is 5.58 Å². The van der Waals surface area contributed by atoms with Crippen molar-refractivity contribution in [1.29, 1.82) is 0 Å². The molecule has 2 N–H and O–H groups in total. The molecule has 0 saturated carbocycles. The Morgan fingerprint density at radius 2 is 2.05 bits per heavy atom. The topological polar surface area (TPSA) is 57.5 Å². The van der Waals surface area contributed by atoms with E-state index in [0.717, 1.165) is 42.5 Å². The van der Waals surface area contributed by atoms with Gasteiger partial charge in [0.2, 0.25) is 0 Å². The molecular formula is C17H23N3O2. The molecule has 1 fully saturated rings. The van der Waals surface area contributed by atoms with Crippen molar-refractivity contribution in [3.8, 4) is 0 Å². The average Bonchev–Trinajstić information content (AvgIpc) is 2.87. The molecule has 0 aliphatic carbocycles. The molecule has 2 heterocycles. The van der Waals surface area contributed by atoms with Crippen molar-refractivity contribution in [2.45, 2.75) is 25.4 Å². The van der Waals surface area contributed by atoms with Crippen LogP contribution >= 0.6 is 0 Å². The van der Waals surface area contributed by atoms with Gasteiger partial charge in [-0.3, -0.25) is 4.79 Å². The molecule has 0 spiro atoms. The number of piperidine rings is 1. The quantitative estimate of drug-likeness (QED) is 0.906. The summed E-state index contributed by atoms with van der Waals surface area (Å²) in [6, 6.07) is 8.06. The van der Waals surface area contributed by atoms with E-state index in [4.69, 9.17) is 4.42 Å². The Kier molecular flexibility index (Phi) is 4.45. The third kappa shape index (κ3) is 3.15. The van der Waals surface area contributed by atoms with Gasteiger partial charge in [0.05, 0.1) is 0 Å². The normalized spacial score (nSPS) is 16.3. The molecule has 1 aliphatic heterocycles. The van der Waals surface area contributed by atoms with Crippen LogP contribution in [0.3, 0.4) is 0 Å². The molecule has 5 nitrogen and oxygen atoms in total. The van der Waals surface area contributed by atoms with Gasteiger partial charge in [0, 0.05) is 23.5 Å². The van der Waals surface area contributed by atoms with E-state index < -0.39 is 0 Å². The molecule has 2 aromatic rings. The molecule has 1 aromatic carbocycles. The van der Waals surface area contributed by atoms with Crippen LogP contribution in [0.4, 0.5) is 0 Å². The van der Waals surface area contributed by atoms with Gasteiger partial charge in [-0.1, -0.05) is 18.2 Å². The number of rotatable bonds is 4. The van der Waals surface area contributed by atoms with Crippen LogP contribution < -0.4 is 10.6 Å². The van der Waals surface area contributed by atoms with Gasteiger partial charge in [-0.25, -0.2) is 0 Å². The summed E-state index contributed by atoms with van der Waals surface area (Å²) in [5.41, 5.74) is 1.74. The van der Waals surface area contributed by atoms with Crippen LogP contribution in [0.25, 0.3) is 11.0 Å². The molecule has 5 heteroatoms. The highest BCUT2D eigenvalue weighted by atomic mass is 16.3. The highest BCUT2D eigenvalue weighted by Gasteiger charge is 2.23. The second-order valence-electron chi connectivity index (χ2n) is 6.14. The molecule has 3 rings (SSSR count). The van der Waals surface area contributed by atoms with Crippen LogP contribution in [0.5, 0.6) is 0 Å². The SMILES string of the molecule is CN(C)Cc1c(C(=O)NC2CCNCC2)oc2ccccc12. The standard InChI is InChI=1S/C17H23N3O2/c1-20(2)11-14-13-5-3-4-6-15(13)22-16(14)17(21)19-12-7-9-18-10-8-12/h3-6,12,18H,7-11H2,1-2H3,(H,19,21). The molecule has 0 atom stereocenters. The number of nitrogens with zero attached hydrogens (tertiary/aromatic N) is 1. The van der Waals surface area contributed by atoms with Crippen LogP contribution in [0.2, 0.25) is 0 Å². The number of furan rings is 1. The predicted molar refractivity (Wildman–Crippen MR) is 87.0 cm³/mol. The summed E-state index contributed by atoms with van der Waals surface area (Å²) in [6.07, 6.45) is 1.93. The first-order chi connectivity index (χ1) is 10.6. The molecule has 0 radical (unpaired) electrons. The number of hydrogen-bond donors (Lipinski definition) is 2. The number of carbonyl (C=O) groups excluding carboxylic acids is 1. The van der Waals surface area contributed by atoms with Crippen molar-refractivity contribution in [2.75, 3.05) is 27.2 Å². The van der Waals surface area contributed by atoms with Crippen LogP contribution in [0.1, 0.15) is 29.0 Å². The fraction of sp³-hybridized carbons (Fsp3) is 0.471. The maximum atomic E-state index is 12.6. The summed E-state index contributed by atoms with van der Waals surface area (Å²) < 4.78 is 5.85. The highest BCUT2D eigenvalue weighted by molar-refractivity contribution is 5.99. The lowest BCUT2D eigenvalue weighted by molar-refractivity contribution is 0.0901. The fourth-order valence-corrected chi connectivity index (χ4v) is 2.97. The zero-order valence-corrected chi connectivity index (χ0v) is 13.2. The van der Waals surface area contributed by atoms with E-state index in [9.17, 15) is 4.79 Å². The molecule has 22 heavy (non-hydrogen) atoms. The van der Waals surface area contributed by atoms with Crippen LogP contribution in [-0.4, -0.2) is 44.0 Å². The van der Waals surface area contributed by atoms with Crippen molar-refractivity contribution in [3.05, 3.63) is 35.6 Å². The van der Waals surface area contributed by atoms with Crippen molar-refractivity contribution in [3.63, 3.8) is 0 Å². The highest BCUT2D eigenvalue weighted by Crippen LogP contribution is 2.27. The van der Waals surface area contributed by atoms with E-state index in [1.165, 1.54) is 0 Å². The first-order valence-corrected chi connectivity index (χ1v) is 7.82. The maximum Gasteiger partial charge on any atom is 0.287 e. The van der Waals surface area contributed by atoms with E-state index in [-0.39, 0.29) is 11.9 Å². The van der Waals surface area contributed by atoms with E-state index in [2.05, 4.69) is 15.5 Å². The van der Waals surface area contributed by atoms with Gasteiger partial charge in [0.25, 0.3) is 5.91 Å². The van der Waals surface area contributed by atoms with E-state index >= 15 is 0 Å². The molecule has 118 valence electrons. The van der Waals surface area contributed by atoms with Crippen molar-refractivity contribution >= 4 is 16.9 Å². The lowest BCUT2D eigenvalue weighted by Gasteiger charge is -2.23. The number of hydrogen-bond acceptors (Lipinski definition) is 4. The minimum absolute atomic E-state index is 0.0973.